The molecule has 188 valence electrons. The van der Waals surface area contributed by atoms with Crippen LogP contribution in [0.1, 0.15) is 18.4 Å². The predicted octanol–water partition coefficient (Wildman–Crippen LogP) is 3.25. The average molecular weight is 507 g/mol. The van der Waals surface area contributed by atoms with Gasteiger partial charge in [0.15, 0.2) is 0 Å². The monoisotopic (exact) mass is 506 g/mol. The molecule has 0 aliphatic carbocycles. The lowest BCUT2D eigenvalue weighted by molar-refractivity contribution is 0.250. The summed E-state index contributed by atoms with van der Waals surface area (Å²) in [7, 11) is 0. The van der Waals surface area contributed by atoms with Crippen molar-refractivity contribution in [3.8, 4) is 11.1 Å². The highest BCUT2D eigenvalue weighted by Crippen LogP contribution is 2.23. The van der Waals surface area contributed by atoms with E-state index in [9.17, 15) is 9.59 Å². The summed E-state index contributed by atoms with van der Waals surface area (Å²) in [6, 6.07) is 15.2. The highest BCUT2D eigenvalue weighted by atomic mass is 35.5. The molecule has 1 aliphatic rings. The zero-order valence-corrected chi connectivity index (χ0v) is 21.2. The van der Waals surface area contributed by atoms with Gasteiger partial charge < -0.3 is 4.90 Å². The van der Waals surface area contributed by atoms with Gasteiger partial charge in [-0.05, 0) is 55.6 Å². The van der Waals surface area contributed by atoms with E-state index in [1.807, 2.05) is 55.5 Å². The van der Waals surface area contributed by atoms with Crippen molar-refractivity contribution in [3.63, 3.8) is 0 Å². The number of pyridine rings is 1. The molecule has 4 heterocycles. The van der Waals surface area contributed by atoms with Gasteiger partial charge in [-0.3, -0.25) is 18.7 Å². The predicted molar refractivity (Wildman–Crippen MR) is 145 cm³/mol. The Balaban J connectivity index is 0.00000304. The number of benzene rings is 1. The molecule has 0 amide bonds. The van der Waals surface area contributed by atoms with Gasteiger partial charge >= 0.3 is 5.69 Å². The fourth-order valence-corrected chi connectivity index (χ4v) is 4.81. The highest BCUT2D eigenvalue weighted by Gasteiger charge is 2.19. The smallest absolute Gasteiger partial charge is 0.335 e. The molecule has 1 fully saturated rings. The minimum atomic E-state index is -0.278. The van der Waals surface area contributed by atoms with Crippen molar-refractivity contribution >= 4 is 23.9 Å². The van der Waals surface area contributed by atoms with Crippen molar-refractivity contribution in [2.75, 3.05) is 37.6 Å². The maximum absolute atomic E-state index is 13.5. The lowest BCUT2D eigenvalue weighted by atomic mass is 10.0. The molecule has 0 N–H and O–H groups in total. The molecular weight excluding hydrogens is 476 g/mol. The fraction of sp³-hybridized carbons (Fsp3) is 0.333. The Kier molecular flexibility index (Phi) is 8.18. The fourth-order valence-electron chi connectivity index (χ4n) is 4.81. The molecule has 9 heteroatoms. The van der Waals surface area contributed by atoms with E-state index in [2.05, 4.69) is 19.8 Å². The van der Waals surface area contributed by atoms with Gasteiger partial charge in [0.2, 0.25) is 5.95 Å². The molecule has 0 atom stereocenters. The first kappa shape index (κ1) is 25.6. The average Bonchev–Trinajstić information content (AvgIpc) is 2.90. The maximum Gasteiger partial charge on any atom is 0.335 e. The highest BCUT2D eigenvalue weighted by molar-refractivity contribution is 5.85. The number of aromatic nitrogens is 4. The molecule has 4 aromatic rings. The summed E-state index contributed by atoms with van der Waals surface area (Å²) in [5, 5.41) is 0. The molecule has 1 aliphatic heterocycles. The number of piperazine rings is 1. The van der Waals surface area contributed by atoms with E-state index >= 15 is 0 Å². The summed E-state index contributed by atoms with van der Waals surface area (Å²) in [5.41, 5.74) is 2.62. The van der Waals surface area contributed by atoms with E-state index in [4.69, 9.17) is 0 Å². The summed E-state index contributed by atoms with van der Waals surface area (Å²) < 4.78 is 2.99. The molecule has 36 heavy (non-hydrogen) atoms. The van der Waals surface area contributed by atoms with Gasteiger partial charge in [0, 0.05) is 51.3 Å². The van der Waals surface area contributed by atoms with Crippen molar-refractivity contribution in [2.24, 2.45) is 0 Å². The van der Waals surface area contributed by atoms with Gasteiger partial charge in [0.1, 0.15) is 0 Å². The lowest BCUT2D eigenvalue weighted by Crippen LogP contribution is -2.47. The van der Waals surface area contributed by atoms with Crippen molar-refractivity contribution in [1.82, 2.24) is 23.8 Å². The van der Waals surface area contributed by atoms with Crippen LogP contribution < -0.4 is 16.1 Å². The Morgan fingerprint density at radius 2 is 1.53 bits per heavy atom. The van der Waals surface area contributed by atoms with E-state index in [-0.39, 0.29) is 23.7 Å². The van der Waals surface area contributed by atoms with Crippen LogP contribution in [0.4, 0.5) is 5.95 Å². The second-order valence-corrected chi connectivity index (χ2v) is 8.97. The van der Waals surface area contributed by atoms with Crippen LogP contribution in [-0.2, 0) is 6.54 Å². The Morgan fingerprint density at radius 3 is 2.28 bits per heavy atom. The number of hydrogen-bond donors (Lipinski definition) is 0. The first-order chi connectivity index (χ1) is 17.1. The molecule has 1 saturated heterocycles. The molecule has 1 aromatic carbocycles. The van der Waals surface area contributed by atoms with Crippen LogP contribution in [0.15, 0.2) is 76.7 Å². The third-order valence-corrected chi connectivity index (χ3v) is 6.74. The Bertz CT molecular complexity index is 1430. The molecule has 8 nitrogen and oxygen atoms in total. The zero-order valence-electron chi connectivity index (χ0n) is 20.4. The number of anilines is 1. The van der Waals surface area contributed by atoms with E-state index in [1.54, 1.807) is 23.0 Å². The minimum absolute atomic E-state index is 0. The van der Waals surface area contributed by atoms with Gasteiger partial charge in [-0.15, -0.1) is 12.4 Å². The maximum atomic E-state index is 13.5. The van der Waals surface area contributed by atoms with Crippen LogP contribution in [0.5, 0.6) is 0 Å². The molecule has 0 bridgehead atoms. The number of hydrogen-bond acceptors (Lipinski definition) is 6. The lowest BCUT2D eigenvalue weighted by Gasteiger charge is -2.34. The molecule has 0 saturated carbocycles. The molecule has 3 aromatic heterocycles. The topological polar surface area (TPSA) is 75.7 Å². The summed E-state index contributed by atoms with van der Waals surface area (Å²) in [6.45, 7) is 7.05. The van der Waals surface area contributed by atoms with Crippen molar-refractivity contribution in [2.45, 2.75) is 26.3 Å². The van der Waals surface area contributed by atoms with E-state index in [0.29, 0.717) is 17.6 Å². The van der Waals surface area contributed by atoms with Gasteiger partial charge in [-0.1, -0.05) is 30.3 Å². The quantitative estimate of drug-likeness (QED) is 0.358. The number of nitrogens with zero attached hydrogens (tertiary/aromatic N) is 6. The third kappa shape index (κ3) is 5.20. The first-order valence-electron chi connectivity index (χ1n) is 12.2. The van der Waals surface area contributed by atoms with E-state index in [0.717, 1.165) is 62.6 Å². The Morgan fingerprint density at radius 1 is 0.833 bits per heavy atom. The number of fused-ring (bicyclic) bond motifs is 1. The van der Waals surface area contributed by atoms with Gasteiger partial charge in [-0.25, -0.2) is 14.8 Å². The SMILES string of the molecule is Cc1ccccc1-c1c(=O)n(CCCCN2CCN(c3ncccn3)CC2)c(=O)n2ccccc12.Cl. The van der Waals surface area contributed by atoms with Gasteiger partial charge in [-0.2, -0.15) is 0 Å². The summed E-state index contributed by atoms with van der Waals surface area (Å²) >= 11 is 0. The van der Waals surface area contributed by atoms with E-state index < -0.39 is 0 Å². The molecule has 0 radical (unpaired) electrons. The van der Waals surface area contributed by atoms with Crippen LogP contribution in [0.3, 0.4) is 0 Å². The summed E-state index contributed by atoms with van der Waals surface area (Å²) in [4.78, 5) is 40.0. The van der Waals surface area contributed by atoms with Crippen LogP contribution in [0.2, 0.25) is 0 Å². The largest absolute Gasteiger partial charge is 0.338 e. The first-order valence-corrected chi connectivity index (χ1v) is 12.2. The normalized spacial score (nSPS) is 14.1. The van der Waals surface area contributed by atoms with Crippen molar-refractivity contribution < 1.29 is 0 Å². The van der Waals surface area contributed by atoms with Crippen LogP contribution in [0, 0.1) is 6.92 Å². The summed E-state index contributed by atoms with van der Waals surface area (Å²) in [5.74, 6) is 0.785. The van der Waals surface area contributed by atoms with Crippen molar-refractivity contribution in [3.05, 3.63) is 93.5 Å². The molecule has 0 unspecified atom stereocenters. The number of aryl methyl sites for hydroxylation is 1. The van der Waals surface area contributed by atoms with Crippen LogP contribution in [0.25, 0.3) is 16.6 Å². The van der Waals surface area contributed by atoms with Crippen molar-refractivity contribution in [1.29, 1.82) is 0 Å². The van der Waals surface area contributed by atoms with Crippen LogP contribution >= 0.6 is 12.4 Å². The standard InChI is InChI=1S/C27H30N6O2.ClH/c1-21-9-2-3-10-22(21)24-23-11-4-5-15-32(23)27(35)33(25(24)34)16-7-6-14-30-17-19-31(20-18-30)26-28-12-8-13-29-26;/h2-5,8-13,15H,6-7,14,16-20H2,1H3;1H. The van der Waals surface area contributed by atoms with E-state index in [1.165, 1.54) is 4.57 Å². The molecule has 0 spiro atoms. The van der Waals surface area contributed by atoms with Gasteiger partial charge in [0.05, 0.1) is 11.1 Å². The number of halogens is 1. The van der Waals surface area contributed by atoms with Gasteiger partial charge in [0.25, 0.3) is 5.56 Å². The Labute approximate surface area is 216 Å². The second-order valence-electron chi connectivity index (χ2n) is 8.97. The second kappa shape index (κ2) is 11.5. The Hall–Kier alpha value is -3.49. The number of rotatable bonds is 7. The summed E-state index contributed by atoms with van der Waals surface area (Å²) in [6.07, 6.45) is 6.98. The van der Waals surface area contributed by atoms with Crippen LogP contribution in [-0.4, -0.2) is 56.6 Å². The number of unbranched alkanes of at least 4 members (excludes halogenated alkanes) is 1. The molecule has 5 rings (SSSR count). The molecular formula is C27H31ClN6O2. The zero-order chi connectivity index (χ0) is 24.2. The third-order valence-electron chi connectivity index (χ3n) is 6.74. The minimum Gasteiger partial charge on any atom is -0.338 e.